The van der Waals surface area contributed by atoms with E-state index in [1.807, 2.05) is 0 Å². The number of hydrogen-bond donors (Lipinski definition) is 0. The highest BCUT2D eigenvalue weighted by molar-refractivity contribution is 4.93. The van der Waals surface area contributed by atoms with Gasteiger partial charge in [0.1, 0.15) is 0 Å². The monoisotopic (exact) mass is 178 g/mol. The maximum Gasteiger partial charge on any atom is -0.0355 e. The van der Waals surface area contributed by atoms with Gasteiger partial charge in [0.15, 0.2) is 0 Å². The average molecular weight is 178 g/mol. The molecule has 0 heterocycles. The Morgan fingerprint density at radius 2 is 1.23 bits per heavy atom. The summed E-state index contributed by atoms with van der Waals surface area (Å²) in [6, 6.07) is 0. The predicted molar refractivity (Wildman–Crippen MR) is 58.2 cm³/mol. The van der Waals surface area contributed by atoms with Crippen molar-refractivity contribution in [1.29, 1.82) is 0 Å². The van der Waals surface area contributed by atoms with Gasteiger partial charge in [-0.3, -0.25) is 0 Å². The van der Waals surface area contributed by atoms with Crippen LogP contribution in [0.15, 0.2) is 0 Å². The van der Waals surface area contributed by atoms with Gasteiger partial charge in [-0.15, -0.1) is 12.8 Å². The van der Waals surface area contributed by atoms with E-state index in [4.69, 9.17) is 0 Å². The first-order chi connectivity index (χ1) is 6.18. The molecule has 74 valence electrons. The van der Waals surface area contributed by atoms with Crippen molar-refractivity contribution >= 4 is 0 Å². The Kier molecular flexibility index (Phi) is 3.42. The van der Waals surface area contributed by atoms with Crippen molar-refractivity contribution in [2.45, 2.75) is 40.0 Å². The molecule has 0 heteroatoms. The summed E-state index contributed by atoms with van der Waals surface area (Å²) in [5.41, 5.74) is 0. The van der Waals surface area contributed by atoms with Crippen LogP contribution in [0.3, 0.4) is 0 Å². The molecule has 0 aromatic heterocycles. The van der Waals surface area contributed by atoms with E-state index in [-0.39, 0.29) is 0 Å². The summed E-state index contributed by atoms with van der Waals surface area (Å²) in [6.45, 7) is 7.32. The third kappa shape index (κ3) is 1.90. The molecule has 2 aliphatic carbocycles. The molecule has 5 atom stereocenters. The quantitative estimate of drug-likeness (QED) is 0.497. The normalized spacial score (nSPS) is 47.9. The summed E-state index contributed by atoms with van der Waals surface area (Å²) < 4.78 is 0. The van der Waals surface area contributed by atoms with E-state index in [1.54, 1.807) is 0 Å². The van der Waals surface area contributed by atoms with Gasteiger partial charge in [0.25, 0.3) is 0 Å². The topological polar surface area (TPSA) is 0 Å². The molecule has 0 aliphatic heterocycles. The van der Waals surface area contributed by atoms with Gasteiger partial charge in [-0.1, -0.05) is 20.8 Å². The second kappa shape index (κ2) is 4.18. The smallest absolute Gasteiger partial charge is 0.0355 e. The Bertz CT molecular complexity index is 180. The molecule has 0 bridgehead atoms. The van der Waals surface area contributed by atoms with Gasteiger partial charge in [-0.25, -0.2) is 0 Å². The molecule has 2 fully saturated rings. The number of hydrogen-bond acceptors (Lipinski definition) is 0. The minimum atomic E-state index is 1.01. The van der Waals surface area contributed by atoms with Crippen LogP contribution in [0.25, 0.3) is 0 Å². The highest BCUT2D eigenvalue weighted by atomic mass is 14.5. The minimum Gasteiger partial charge on any atom is -0.124 e. The molecule has 0 nitrogen and oxygen atoms in total. The summed E-state index contributed by atoms with van der Waals surface area (Å²) in [6.07, 6.45) is 12.5. The van der Waals surface area contributed by atoms with Crippen LogP contribution in [0.4, 0.5) is 0 Å². The third-order valence-corrected chi connectivity index (χ3v) is 4.10. The molecular formula is C13H22. The van der Waals surface area contributed by atoms with Gasteiger partial charge >= 0.3 is 0 Å². The van der Waals surface area contributed by atoms with Crippen LogP contribution in [0.5, 0.6) is 0 Å². The number of rotatable bonds is 0. The van der Waals surface area contributed by atoms with Gasteiger partial charge < -0.3 is 0 Å². The van der Waals surface area contributed by atoms with Crippen molar-refractivity contribution in [2.75, 3.05) is 0 Å². The molecule has 0 spiro atoms. The Labute approximate surface area is 83.1 Å². The van der Waals surface area contributed by atoms with Crippen molar-refractivity contribution < 1.29 is 0 Å². The van der Waals surface area contributed by atoms with E-state index in [9.17, 15) is 0 Å². The molecule has 0 N–H and O–H groups in total. The van der Waals surface area contributed by atoms with Crippen molar-refractivity contribution in [3.8, 4) is 12.8 Å². The summed E-state index contributed by atoms with van der Waals surface area (Å²) >= 11 is 0. The lowest BCUT2D eigenvalue weighted by atomic mass is 9.54. The van der Waals surface area contributed by atoms with E-state index in [1.165, 1.54) is 19.3 Å². The third-order valence-electron chi connectivity index (χ3n) is 4.10. The van der Waals surface area contributed by atoms with E-state index < -0.39 is 0 Å². The highest BCUT2D eigenvalue weighted by Gasteiger charge is 2.44. The van der Waals surface area contributed by atoms with Gasteiger partial charge in [0, 0.05) is 0 Å². The molecule has 2 aliphatic rings. The van der Waals surface area contributed by atoms with E-state index in [0.29, 0.717) is 0 Å². The van der Waals surface area contributed by atoms with Gasteiger partial charge in [0.2, 0.25) is 0 Å². The first kappa shape index (κ1) is 10.6. The van der Waals surface area contributed by atoms with Crippen molar-refractivity contribution in [3.05, 3.63) is 0 Å². The predicted octanol–water partition coefficient (Wildman–Crippen LogP) is 3.57. The maximum atomic E-state index is 4.00. The van der Waals surface area contributed by atoms with Crippen LogP contribution in [0.1, 0.15) is 40.0 Å². The first-order valence-corrected chi connectivity index (χ1v) is 5.51. The zero-order valence-corrected chi connectivity index (χ0v) is 9.16. The van der Waals surface area contributed by atoms with Crippen LogP contribution in [0, 0.1) is 42.4 Å². The Morgan fingerprint density at radius 3 is 1.77 bits per heavy atom. The summed E-state index contributed by atoms with van der Waals surface area (Å²) in [4.78, 5) is 0. The lowest BCUT2D eigenvalue weighted by Gasteiger charge is -2.51. The molecular weight excluding hydrogens is 156 g/mol. The summed E-state index contributed by atoms with van der Waals surface area (Å²) in [5.74, 6) is 5.30. The molecule has 0 aromatic carbocycles. The maximum absolute atomic E-state index is 4.00. The first-order valence-electron chi connectivity index (χ1n) is 5.51. The van der Waals surface area contributed by atoms with Crippen LogP contribution >= 0.6 is 0 Å². The van der Waals surface area contributed by atoms with Crippen LogP contribution in [0.2, 0.25) is 0 Å². The number of terminal acetylenes is 1. The fourth-order valence-corrected chi connectivity index (χ4v) is 3.44. The molecule has 0 radical (unpaired) electrons. The molecule has 0 aromatic rings. The molecule has 2 saturated carbocycles. The van der Waals surface area contributed by atoms with Crippen molar-refractivity contribution in [3.63, 3.8) is 0 Å². The Morgan fingerprint density at radius 1 is 0.769 bits per heavy atom. The lowest BCUT2D eigenvalue weighted by Crippen LogP contribution is -2.43. The lowest BCUT2D eigenvalue weighted by molar-refractivity contribution is -0.0202. The van der Waals surface area contributed by atoms with Gasteiger partial charge in [-0.2, -0.15) is 0 Å². The Hall–Kier alpha value is -0.440. The summed E-state index contributed by atoms with van der Waals surface area (Å²) in [7, 11) is 0. The largest absolute Gasteiger partial charge is 0.124 e. The second-order valence-electron chi connectivity index (χ2n) is 5.09. The average Bonchev–Trinajstić information content (AvgIpc) is 2.12. The van der Waals surface area contributed by atoms with Crippen LogP contribution in [-0.2, 0) is 0 Å². The minimum absolute atomic E-state index is 1.01. The van der Waals surface area contributed by atoms with E-state index >= 15 is 0 Å². The van der Waals surface area contributed by atoms with Gasteiger partial charge in [0.05, 0.1) is 0 Å². The van der Waals surface area contributed by atoms with Crippen LogP contribution < -0.4 is 0 Å². The second-order valence-corrected chi connectivity index (χ2v) is 5.09. The zero-order valence-electron chi connectivity index (χ0n) is 9.16. The fraction of sp³-hybridized carbons (Fsp3) is 0.846. The SMILES string of the molecule is C#C.CC1CC(C)C2CC(C)C2C1. The van der Waals surface area contributed by atoms with Crippen LogP contribution in [-0.4, -0.2) is 0 Å². The molecule has 5 unspecified atom stereocenters. The summed E-state index contributed by atoms with van der Waals surface area (Å²) in [5, 5.41) is 0. The molecule has 0 saturated heterocycles. The highest BCUT2D eigenvalue weighted by Crippen LogP contribution is 2.52. The zero-order chi connectivity index (χ0) is 10.0. The van der Waals surface area contributed by atoms with E-state index in [2.05, 4.69) is 33.6 Å². The number of fused-ring (bicyclic) bond motifs is 1. The van der Waals surface area contributed by atoms with Gasteiger partial charge in [-0.05, 0) is 48.9 Å². The Balaban J connectivity index is 0.000000396. The van der Waals surface area contributed by atoms with Crippen molar-refractivity contribution in [1.82, 2.24) is 0 Å². The molecule has 0 amide bonds. The fourth-order valence-electron chi connectivity index (χ4n) is 3.44. The molecule has 2 rings (SSSR count). The standard InChI is InChI=1S/C11H20.C2H2/c1-7-4-8(2)11-6-9(3)10(11)5-7;1-2/h7-11H,4-6H2,1-3H3;1-2H. The van der Waals surface area contributed by atoms with Crippen molar-refractivity contribution in [2.24, 2.45) is 29.6 Å². The van der Waals surface area contributed by atoms with E-state index in [0.717, 1.165) is 29.6 Å². The molecule has 13 heavy (non-hydrogen) atoms.